The molecule has 53 heavy (non-hydrogen) atoms. The Hall–Kier alpha value is -1.86. The van der Waals surface area contributed by atoms with Crippen LogP contribution in [0, 0.1) is 0 Å². The number of hydrogen-bond donors (Lipinski definition) is 15. The van der Waals surface area contributed by atoms with E-state index >= 15 is 0 Å². The fourth-order valence-corrected chi connectivity index (χ4v) is 6.58. The monoisotopic (exact) mass is 779 g/mol. The van der Waals surface area contributed by atoms with Crippen LogP contribution in [0.15, 0.2) is 0 Å². The molecular weight excluding hydrogens is 730 g/mol. The number of carbonyl (C=O) groups is 2. The number of rotatable bonds is 13. The lowest BCUT2D eigenvalue weighted by atomic mass is 9.88. The molecule has 4 fully saturated rings. The van der Waals surface area contributed by atoms with Crippen LogP contribution in [0.4, 0.5) is 0 Å². The average molecular weight is 780 g/mol. The number of nitrogens with one attached hydrogen (secondary N) is 1. The molecule has 0 aromatic rings. The van der Waals surface area contributed by atoms with E-state index in [0.29, 0.717) is 0 Å². The molecule has 0 aliphatic carbocycles. The van der Waals surface area contributed by atoms with Crippen LogP contribution in [0.25, 0.3) is 0 Å². The van der Waals surface area contributed by atoms with E-state index in [9.17, 15) is 81.1 Å². The molecule has 0 bridgehead atoms. The second-order valence-corrected chi connectivity index (χ2v) is 13.3. The van der Waals surface area contributed by atoms with Crippen molar-refractivity contribution in [1.29, 1.82) is 0 Å². The highest BCUT2D eigenvalue weighted by molar-refractivity contribution is 5.76. The number of aliphatic hydroxyl groups excluding tert-OH is 13. The van der Waals surface area contributed by atoms with Gasteiger partial charge in [0.05, 0.1) is 38.1 Å². The van der Waals surface area contributed by atoms with E-state index in [1.54, 1.807) is 0 Å². The summed E-state index contributed by atoms with van der Waals surface area (Å²) in [4.78, 5) is 24.6. The highest BCUT2D eigenvalue weighted by atomic mass is 16.8. The van der Waals surface area contributed by atoms with Gasteiger partial charge in [0.15, 0.2) is 18.9 Å². The maximum absolute atomic E-state index is 12.8. The van der Waals surface area contributed by atoms with Crippen LogP contribution in [0.5, 0.6) is 0 Å². The van der Waals surface area contributed by atoms with Gasteiger partial charge in [-0.25, -0.2) is 4.79 Å². The van der Waals surface area contributed by atoms with Crippen molar-refractivity contribution in [2.75, 3.05) is 19.8 Å². The van der Waals surface area contributed by atoms with Gasteiger partial charge in [0.25, 0.3) is 5.79 Å². The Morgan fingerprint density at radius 2 is 1.38 bits per heavy atom. The average Bonchev–Trinajstić information content (AvgIpc) is 3.11. The van der Waals surface area contributed by atoms with Gasteiger partial charge in [-0.1, -0.05) is 0 Å². The number of carboxylic acids is 1. The zero-order chi connectivity index (χ0) is 39.7. The van der Waals surface area contributed by atoms with Gasteiger partial charge in [-0.05, 0) is 6.92 Å². The summed E-state index contributed by atoms with van der Waals surface area (Å²) in [5, 5.41) is 148. The number of ether oxygens (including phenoxy) is 7. The van der Waals surface area contributed by atoms with Gasteiger partial charge in [-0.15, -0.1) is 0 Å². The van der Waals surface area contributed by atoms with Crippen molar-refractivity contribution in [1.82, 2.24) is 5.32 Å². The van der Waals surface area contributed by atoms with Gasteiger partial charge in [0, 0.05) is 13.3 Å². The molecule has 4 rings (SSSR count). The first-order valence-electron chi connectivity index (χ1n) is 16.6. The van der Waals surface area contributed by atoms with Crippen LogP contribution < -0.4 is 5.32 Å². The highest BCUT2D eigenvalue weighted by Gasteiger charge is 2.60. The molecule has 0 aromatic carbocycles. The number of amides is 1. The zero-order valence-electron chi connectivity index (χ0n) is 28.3. The minimum atomic E-state index is -3.10. The second-order valence-electron chi connectivity index (χ2n) is 13.3. The standard InChI is InChI=1S/C29H49NO23/c1-7-14(37)17(40)18(41)26(47-7)51-24-19(42)25(44)48-12(6-33)21(24)50-27-20(43)23(16(39)11(5-32)49-27)53-29(28(45)46)3-9(35)13(30-8(2)34)22(52-29)15(38)10(36)4-31/h7,9-27,31-33,35-44H,3-6H2,1-2H3,(H,30,34)(H,45,46)/t7-,9-,10+,11+,12+,13+,14+,15+,16-,17+,18-,19+,20+,21+,22+,23-,24+,25?,26+,27-,29-/m0/s1. The van der Waals surface area contributed by atoms with Crippen molar-refractivity contribution >= 4 is 11.9 Å². The van der Waals surface area contributed by atoms with Gasteiger partial charge < -0.3 is 110 Å². The third-order valence-electron chi connectivity index (χ3n) is 9.54. The van der Waals surface area contributed by atoms with Gasteiger partial charge in [-0.2, -0.15) is 0 Å². The van der Waals surface area contributed by atoms with E-state index in [1.807, 2.05) is 0 Å². The fraction of sp³-hybridized carbons (Fsp3) is 0.931. The van der Waals surface area contributed by atoms with E-state index in [1.165, 1.54) is 6.92 Å². The van der Waals surface area contributed by atoms with Crippen LogP contribution in [-0.2, 0) is 42.7 Å². The molecule has 0 spiro atoms. The molecule has 1 amide bonds. The van der Waals surface area contributed by atoms with Gasteiger partial charge >= 0.3 is 5.97 Å². The van der Waals surface area contributed by atoms with Crippen LogP contribution in [0.1, 0.15) is 20.3 Å². The Labute approximate surface area is 300 Å². The van der Waals surface area contributed by atoms with Crippen molar-refractivity contribution in [3.8, 4) is 0 Å². The third kappa shape index (κ3) is 9.08. The summed E-state index contributed by atoms with van der Waals surface area (Å²) in [6, 6.07) is -1.59. The van der Waals surface area contributed by atoms with E-state index in [-0.39, 0.29) is 0 Å². The molecule has 4 aliphatic heterocycles. The van der Waals surface area contributed by atoms with Gasteiger partial charge in [0.1, 0.15) is 85.5 Å². The molecule has 0 radical (unpaired) electrons. The second kappa shape index (κ2) is 17.9. The van der Waals surface area contributed by atoms with E-state index in [4.69, 9.17) is 33.2 Å². The smallest absolute Gasteiger partial charge is 0.364 e. The minimum absolute atomic E-state index is 0.779. The Kier molecular flexibility index (Phi) is 14.9. The van der Waals surface area contributed by atoms with Crippen molar-refractivity contribution in [2.24, 2.45) is 0 Å². The quantitative estimate of drug-likeness (QED) is 0.0825. The number of aliphatic carboxylic acids is 1. The minimum Gasteiger partial charge on any atom is -0.477 e. The summed E-state index contributed by atoms with van der Waals surface area (Å²) in [5.74, 6) is -5.90. The molecular formula is C29H49NO23. The fourth-order valence-electron chi connectivity index (χ4n) is 6.58. The molecule has 4 saturated heterocycles. The molecule has 1 unspecified atom stereocenters. The first kappa shape index (κ1) is 43.9. The molecule has 24 heteroatoms. The maximum atomic E-state index is 12.8. The summed E-state index contributed by atoms with van der Waals surface area (Å²) in [6.45, 7) is -0.758. The Morgan fingerprint density at radius 1 is 0.774 bits per heavy atom. The van der Waals surface area contributed by atoms with E-state index < -0.39 is 166 Å². The first-order valence-corrected chi connectivity index (χ1v) is 16.6. The molecule has 0 aromatic heterocycles. The van der Waals surface area contributed by atoms with Crippen LogP contribution >= 0.6 is 0 Å². The number of hydrogen-bond acceptors (Lipinski definition) is 22. The molecule has 4 heterocycles. The number of carbonyl (C=O) groups excluding carboxylic acids is 1. The zero-order valence-corrected chi connectivity index (χ0v) is 28.3. The lowest BCUT2D eigenvalue weighted by Crippen LogP contribution is -2.71. The molecule has 21 atom stereocenters. The summed E-state index contributed by atoms with van der Waals surface area (Å²) in [5.41, 5.74) is 0. The van der Waals surface area contributed by atoms with Crippen molar-refractivity contribution < 1.29 is 114 Å². The maximum Gasteiger partial charge on any atom is 0.364 e. The van der Waals surface area contributed by atoms with Crippen molar-refractivity contribution in [2.45, 2.75) is 149 Å². The summed E-state index contributed by atoms with van der Waals surface area (Å²) in [7, 11) is 0. The largest absolute Gasteiger partial charge is 0.477 e. The van der Waals surface area contributed by atoms with Crippen LogP contribution in [0.2, 0.25) is 0 Å². The van der Waals surface area contributed by atoms with Crippen LogP contribution in [0.3, 0.4) is 0 Å². The Bertz CT molecular complexity index is 1220. The van der Waals surface area contributed by atoms with Gasteiger partial charge in [0.2, 0.25) is 5.91 Å². The predicted molar refractivity (Wildman–Crippen MR) is 161 cm³/mol. The number of carboxylic acid groups (broad SMARTS) is 1. The number of aliphatic hydroxyl groups is 13. The predicted octanol–water partition coefficient (Wildman–Crippen LogP) is -9.37. The van der Waals surface area contributed by atoms with Gasteiger partial charge in [-0.3, -0.25) is 4.79 Å². The third-order valence-corrected chi connectivity index (χ3v) is 9.54. The van der Waals surface area contributed by atoms with E-state index in [0.717, 1.165) is 6.92 Å². The van der Waals surface area contributed by atoms with Crippen molar-refractivity contribution in [3.63, 3.8) is 0 Å². The molecule has 308 valence electrons. The lowest BCUT2D eigenvalue weighted by molar-refractivity contribution is -0.396. The summed E-state index contributed by atoms with van der Waals surface area (Å²) >= 11 is 0. The Balaban J connectivity index is 1.66. The normalized spacial score (nSPS) is 47.8. The lowest BCUT2D eigenvalue weighted by Gasteiger charge is -2.51. The SMILES string of the molecule is CC(=O)N[C@H]1[C@H]([C@H](O)[C@H](O)CO)O[C@@](O[C@H]2[C@@H](O)[C@@H](CO)O[C@@H](O[C@H]3[C@H](O[C@H]4O[C@@H](C)[C@@H](O)[C@@H](O)[C@@H]4O)[C@@H](O)C(O)O[C@@H]3CO)[C@@H]2O)(C(=O)O)C[C@@H]1O. The first-order chi connectivity index (χ1) is 24.8. The summed E-state index contributed by atoms with van der Waals surface area (Å²) < 4.78 is 38.8. The molecule has 4 aliphatic rings. The summed E-state index contributed by atoms with van der Waals surface area (Å²) in [6.07, 6.45) is -37.3. The molecule has 0 saturated carbocycles. The molecule has 15 N–H and O–H groups in total. The van der Waals surface area contributed by atoms with Crippen LogP contribution in [-0.4, -0.2) is 232 Å². The Morgan fingerprint density at radius 3 is 1.94 bits per heavy atom. The van der Waals surface area contributed by atoms with Crippen molar-refractivity contribution in [3.05, 3.63) is 0 Å². The highest BCUT2D eigenvalue weighted by Crippen LogP contribution is 2.39. The van der Waals surface area contributed by atoms with E-state index in [2.05, 4.69) is 5.32 Å². The topological polar surface area (TPSA) is 394 Å². The molecule has 24 nitrogen and oxygen atoms in total.